The van der Waals surface area contributed by atoms with E-state index in [1.54, 1.807) is 16.4 Å². The zero-order chi connectivity index (χ0) is 20.4. The van der Waals surface area contributed by atoms with Gasteiger partial charge in [0.15, 0.2) is 0 Å². The van der Waals surface area contributed by atoms with E-state index in [9.17, 15) is 13.2 Å². The van der Waals surface area contributed by atoms with E-state index in [1.165, 1.54) is 32.1 Å². The maximum absolute atomic E-state index is 13.1. The van der Waals surface area contributed by atoms with Crippen molar-refractivity contribution in [3.05, 3.63) is 23.8 Å². The fourth-order valence-corrected chi connectivity index (χ4v) is 6.59. The first-order chi connectivity index (χ1) is 14.0. The third kappa shape index (κ3) is 4.37. The first-order valence-corrected chi connectivity index (χ1v) is 12.5. The van der Waals surface area contributed by atoms with E-state index < -0.39 is 10.0 Å². The first-order valence-electron chi connectivity index (χ1n) is 11.1. The highest BCUT2D eigenvalue weighted by Gasteiger charge is 2.30. The first kappa shape index (κ1) is 20.8. The molecule has 2 heterocycles. The van der Waals surface area contributed by atoms with Gasteiger partial charge in [-0.2, -0.15) is 4.31 Å². The number of amides is 1. The molecule has 1 aromatic carbocycles. The van der Waals surface area contributed by atoms with Crippen LogP contribution < -0.4 is 4.90 Å². The van der Waals surface area contributed by atoms with Gasteiger partial charge >= 0.3 is 0 Å². The maximum atomic E-state index is 13.1. The zero-order valence-corrected chi connectivity index (χ0v) is 18.3. The molecule has 1 saturated carbocycles. The number of likely N-dealkylation sites (N-methyl/N-ethyl adjacent to an activating group) is 1. The third-order valence-corrected chi connectivity index (χ3v) is 8.65. The van der Waals surface area contributed by atoms with Gasteiger partial charge in [0.1, 0.15) is 0 Å². The molecular formula is C22H33N3O3S. The Labute approximate surface area is 174 Å². The highest BCUT2D eigenvalue weighted by atomic mass is 32.2. The van der Waals surface area contributed by atoms with E-state index in [0.29, 0.717) is 37.1 Å². The molecule has 0 bridgehead atoms. The Morgan fingerprint density at radius 3 is 2.48 bits per heavy atom. The van der Waals surface area contributed by atoms with Crippen molar-refractivity contribution in [2.24, 2.45) is 0 Å². The molecular weight excluding hydrogens is 386 g/mol. The number of nitrogens with zero attached hydrogens (tertiary/aromatic N) is 3. The second-order valence-electron chi connectivity index (χ2n) is 8.76. The van der Waals surface area contributed by atoms with Crippen LogP contribution in [0.2, 0.25) is 0 Å². The van der Waals surface area contributed by atoms with Gasteiger partial charge in [0.05, 0.1) is 11.4 Å². The van der Waals surface area contributed by atoms with Crippen molar-refractivity contribution in [1.82, 2.24) is 9.21 Å². The summed E-state index contributed by atoms with van der Waals surface area (Å²) in [4.78, 5) is 17.5. The molecule has 0 aromatic heterocycles. The van der Waals surface area contributed by atoms with E-state index in [2.05, 4.69) is 11.9 Å². The van der Waals surface area contributed by atoms with Crippen LogP contribution in [-0.2, 0) is 21.2 Å². The van der Waals surface area contributed by atoms with E-state index in [-0.39, 0.29) is 5.91 Å². The number of hydrogen-bond acceptors (Lipinski definition) is 4. The number of fused-ring (bicyclic) bond motifs is 1. The monoisotopic (exact) mass is 419 g/mol. The number of anilines is 1. The van der Waals surface area contributed by atoms with Crippen molar-refractivity contribution in [1.29, 1.82) is 0 Å². The topological polar surface area (TPSA) is 60.9 Å². The predicted molar refractivity (Wildman–Crippen MR) is 115 cm³/mol. The van der Waals surface area contributed by atoms with E-state index in [1.807, 2.05) is 11.0 Å². The Balaban J connectivity index is 1.50. The van der Waals surface area contributed by atoms with Crippen molar-refractivity contribution in [2.45, 2.75) is 68.7 Å². The Hall–Kier alpha value is -1.44. The van der Waals surface area contributed by atoms with Gasteiger partial charge in [-0.3, -0.25) is 9.69 Å². The molecule has 0 spiro atoms. The molecule has 6 nitrogen and oxygen atoms in total. The molecule has 1 amide bonds. The van der Waals surface area contributed by atoms with Crippen LogP contribution in [0.15, 0.2) is 23.1 Å². The molecule has 0 unspecified atom stereocenters. The van der Waals surface area contributed by atoms with Crippen LogP contribution in [0.25, 0.3) is 0 Å². The average molecular weight is 420 g/mol. The molecule has 2 fully saturated rings. The minimum absolute atomic E-state index is 0.120. The lowest BCUT2D eigenvalue weighted by molar-refractivity contribution is -0.120. The lowest BCUT2D eigenvalue weighted by Crippen LogP contribution is -2.45. The molecule has 0 N–H and O–H groups in total. The summed E-state index contributed by atoms with van der Waals surface area (Å²) >= 11 is 0. The second kappa shape index (κ2) is 8.74. The molecule has 1 saturated heterocycles. The molecule has 7 heteroatoms. The number of carbonyl (C=O) groups excluding carboxylic acids is 1. The minimum atomic E-state index is -3.42. The molecule has 29 heavy (non-hydrogen) atoms. The quantitative estimate of drug-likeness (QED) is 0.736. The number of benzene rings is 1. The third-order valence-electron chi connectivity index (χ3n) is 6.76. The van der Waals surface area contributed by atoms with Crippen molar-refractivity contribution in [3.8, 4) is 0 Å². The summed E-state index contributed by atoms with van der Waals surface area (Å²) in [7, 11) is -1.36. The average Bonchev–Trinajstić information content (AvgIpc) is 3.29. The molecule has 0 atom stereocenters. The lowest BCUT2D eigenvalue weighted by atomic mass is 9.94. The molecule has 1 aromatic rings. The van der Waals surface area contributed by atoms with E-state index >= 15 is 0 Å². The number of rotatable bonds is 5. The van der Waals surface area contributed by atoms with Gasteiger partial charge in [-0.1, -0.05) is 19.3 Å². The maximum Gasteiger partial charge on any atom is 0.243 e. The van der Waals surface area contributed by atoms with E-state index in [4.69, 9.17) is 0 Å². The Morgan fingerprint density at radius 2 is 1.76 bits per heavy atom. The number of hydrogen-bond donors (Lipinski definition) is 0. The van der Waals surface area contributed by atoms with Gasteiger partial charge in [0, 0.05) is 31.4 Å². The molecule has 0 radical (unpaired) electrons. The second-order valence-corrected chi connectivity index (χ2v) is 10.7. The predicted octanol–water partition coefficient (Wildman–Crippen LogP) is 3.01. The standard InChI is InChI=1S/C22H33N3O3S/c1-23(19-9-3-2-4-10-19)17-22(26)25-15-7-8-18-16-20(11-12-21(18)25)29(27,28)24-13-5-6-14-24/h11-12,16,19H,2-10,13-15,17H2,1H3. The Bertz CT molecular complexity index is 843. The number of sulfonamides is 1. The lowest BCUT2D eigenvalue weighted by Gasteiger charge is -2.34. The summed E-state index contributed by atoms with van der Waals surface area (Å²) in [5.74, 6) is 0.120. The highest BCUT2D eigenvalue weighted by Crippen LogP contribution is 2.31. The molecule has 160 valence electrons. The Morgan fingerprint density at radius 1 is 1.03 bits per heavy atom. The smallest absolute Gasteiger partial charge is 0.243 e. The van der Waals surface area contributed by atoms with Gasteiger partial charge in [-0.15, -0.1) is 0 Å². The van der Waals surface area contributed by atoms with Crippen molar-refractivity contribution >= 4 is 21.6 Å². The van der Waals surface area contributed by atoms with E-state index in [0.717, 1.165) is 36.9 Å². The van der Waals surface area contributed by atoms with Crippen molar-refractivity contribution in [2.75, 3.05) is 38.1 Å². The summed E-state index contributed by atoms with van der Waals surface area (Å²) in [6, 6.07) is 5.83. The van der Waals surface area contributed by atoms with Crippen LogP contribution in [0, 0.1) is 0 Å². The Kier molecular flexibility index (Phi) is 6.27. The number of aryl methyl sites for hydroxylation is 1. The molecule has 3 aliphatic rings. The summed E-state index contributed by atoms with van der Waals surface area (Å²) in [6.07, 6.45) is 9.73. The summed E-state index contributed by atoms with van der Waals surface area (Å²) < 4.78 is 27.4. The SMILES string of the molecule is CN(CC(=O)N1CCCc2cc(S(=O)(=O)N3CCCC3)ccc21)C1CCCCC1. The van der Waals surface area contributed by atoms with Gasteiger partial charge < -0.3 is 4.90 Å². The molecule has 1 aliphatic carbocycles. The fraction of sp³-hybridized carbons (Fsp3) is 0.682. The van der Waals surface area contributed by atoms with Crippen LogP contribution in [0.4, 0.5) is 5.69 Å². The van der Waals surface area contributed by atoms with Gasteiger partial charge in [0.2, 0.25) is 15.9 Å². The van der Waals surface area contributed by atoms with Crippen molar-refractivity contribution in [3.63, 3.8) is 0 Å². The van der Waals surface area contributed by atoms with Crippen LogP contribution in [0.1, 0.15) is 56.9 Å². The van der Waals surface area contributed by atoms with Crippen molar-refractivity contribution < 1.29 is 13.2 Å². The van der Waals surface area contributed by atoms with Crippen LogP contribution in [-0.4, -0.2) is 62.8 Å². The van der Waals surface area contributed by atoms with Gasteiger partial charge in [-0.05, 0) is 69.3 Å². The largest absolute Gasteiger partial charge is 0.311 e. The normalized spacial score (nSPS) is 21.5. The summed E-state index contributed by atoms with van der Waals surface area (Å²) in [5, 5.41) is 0. The van der Waals surface area contributed by atoms with Crippen LogP contribution in [0.5, 0.6) is 0 Å². The fourth-order valence-electron chi connectivity index (χ4n) is 5.02. The van der Waals surface area contributed by atoms with Gasteiger partial charge in [-0.25, -0.2) is 8.42 Å². The minimum Gasteiger partial charge on any atom is -0.311 e. The summed E-state index contributed by atoms with van der Waals surface area (Å²) in [6.45, 7) is 2.36. The molecule has 2 aliphatic heterocycles. The number of carbonyl (C=O) groups is 1. The molecule has 4 rings (SSSR count). The zero-order valence-electron chi connectivity index (χ0n) is 17.5. The van der Waals surface area contributed by atoms with Gasteiger partial charge in [0.25, 0.3) is 0 Å². The van der Waals surface area contributed by atoms with Crippen LogP contribution in [0.3, 0.4) is 0 Å². The summed E-state index contributed by atoms with van der Waals surface area (Å²) in [5.41, 5.74) is 1.86. The highest BCUT2D eigenvalue weighted by molar-refractivity contribution is 7.89. The van der Waals surface area contributed by atoms with Crippen LogP contribution >= 0.6 is 0 Å².